The SMILES string of the molecule is COc1ccc2c(C)c(CCC(=O)N(CCC#N)c3ccc(C)c(C)c3)c(=O)oc2c1. The van der Waals surface area contributed by atoms with Crippen molar-refractivity contribution in [1.29, 1.82) is 5.26 Å². The Morgan fingerprint density at radius 3 is 2.58 bits per heavy atom. The minimum atomic E-state index is -0.444. The molecule has 0 radical (unpaired) electrons. The largest absolute Gasteiger partial charge is 0.497 e. The fraction of sp³-hybridized carbons (Fsp3) is 0.320. The summed E-state index contributed by atoms with van der Waals surface area (Å²) in [5.41, 5.74) is 4.29. The van der Waals surface area contributed by atoms with Crippen LogP contribution in [-0.2, 0) is 11.2 Å². The molecule has 0 unspecified atom stereocenters. The number of rotatable bonds is 7. The second-order valence-electron chi connectivity index (χ2n) is 7.58. The number of nitrogens with zero attached hydrogens (tertiary/aromatic N) is 2. The maximum absolute atomic E-state index is 13.1. The van der Waals surface area contributed by atoms with Crippen molar-refractivity contribution in [3.05, 3.63) is 69.1 Å². The van der Waals surface area contributed by atoms with Crippen LogP contribution in [0.2, 0.25) is 0 Å². The Labute approximate surface area is 181 Å². The summed E-state index contributed by atoms with van der Waals surface area (Å²) in [7, 11) is 1.56. The summed E-state index contributed by atoms with van der Waals surface area (Å²) in [5, 5.41) is 9.83. The fourth-order valence-corrected chi connectivity index (χ4v) is 3.61. The lowest BCUT2D eigenvalue weighted by molar-refractivity contribution is -0.118. The average molecular weight is 418 g/mol. The summed E-state index contributed by atoms with van der Waals surface area (Å²) in [6, 6.07) is 13.3. The van der Waals surface area contributed by atoms with Gasteiger partial charge in [-0.25, -0.2) is 4.79 Å². The van der Waals surface area contributed by atoms with Gasteiger partial charge < -0.3 is 14.1 Å². The molecule has 2 aromatic carbocycles. The first-order valence-corrected chi connectivity index (χ1v) is 10.2. The lowest BCUT2D eigenvalue weighted by atomic mass is 10.0. The molecule has 1 aromatic heterocycles. The number of benzene rings is 2. The molecule has 0 bridgehead atoms. The molecule has 3 rings (SSSR count). The Balaban J connectivity index is 1.86. The van der Waals surface area contributed by atoms with E-state index in [-0.39, 0.29) is 25.2 Å². The molecule has 0 N–H and O–H groups in total. The van der Waals surface area contributed by atoms with Crippen molar-refractivity contribution in [3.8, 4) is 11.8 Å². The number of amides is 1. The second-order valence-corrected chi connectivity index (χ2v) is 7.58. The van der Waals surface area contributed by atoms with E-state index >= 15 is 0 Å². The molecule has 0 aliphatic rings. The van der Waals surface area contributed by atoms with Gasteiger partial charge in [0.05, 0.1) is 19.6 Å². The second kappa shape index (κ2) is 9.48. The van der Waals surface area contributed by atoms with E-state index in [1.165, 1.54) is 0 Å². The van der Waals surface area contributed by atoms with E-state index in [0.29, 0.717) is 23.4 Å². The number of hydrogen-bond donors (Lipinski definition) is 0. The molecule has 0 aliphatic heterocycles. The Morgan fingerprint density at radius 2 is 1.90 bits per heavy atom. The quantitative estimate of drug-likeness (QED) is 0.523. The van der Waals surface area contributed by atoms with E-state index in [1.807, 2.05) is 51.1 Å². The molecule has 6 heteroatoms. The molecule has 6 nitrogen and oxygen atoms in total. The first kappa shape index (κ1) is 22.1. The molecular formula is C25H26N2O4. The number of hydrogen-bond acceptors (Lipinski definition) is 5. The topological polar surface area (TPSA) is 83.5 Å². The molecule has 0 atom stereocenters. The number of carbonyl (C=O) groups excluding carboxylic acids is 1. The number of carbonyl (C=O) groups is 1. The molecule has 31 heavy (non-hydrogen) atoms. The van der Waals surface area contributed by atoms with Crippen molar-refractivity contribution < 1.29 is 13.9 Å². The minimum absolute atomic E-state index is 0.132. The summed E-state index contributed by atoms with van der Waals surface area (Å²) in [6.45, 7) is 6.17. The highest BCUT2D eigenvalue weighted by molar-refractivity contribution is 5.93. The van der Waals surface area contributed by atoms with Gasteiger partial charge in [0.15, 0.2) is 0 Å². The summed E-state index contributed by atoms with van der Waals surface area (Å²) in [6.07, 6.45) is 0.645. The van der Waals surface area contributed by atoms with Crippen LogP contribution in [0, 0.1) is 32.1 Å². The van der Waals surface area contributed by atoms with Gasteiger partial charge in [-0.1, -0.05) is 6.07 Å². The zero-order valence-electron chi connectivity index (χ0n) is 18.3. The fourth-order valence-electron chi connectivity index (χ4n) is 3.61. The zero-order chi connectivity index (χ0) is 22.5. The van der Waals surface area contributed by atoms with Crippen LogP contribution in [-0.4, -0.2) is 19.6 Å². The van der Waals surface area contributed by atoms with Gasteiger partial charge in [0.25, 0.3) is 0 Å². The number of fused-ring (bicyclic) bond motifs is 1. The lowest BCUT2D eigenvalue weighted by Crippen LogP contribution is -2.32. The molecule has 1 heterocycles. The van der Waals surface area contributed by atoms with Crippen molar-refractivity contribution in [2.75, 3.05) is 18.6 Å². The van der Waals surface area contributed by atoms with Gasteiger partial charge in [-0.15, -0.1) is 0 Å². The van der Waals surface area contributed by atoms with E-state index in [2.05, 4.69) is 6.07 Å². The summed E-state index contributed by atoms with van der Waals surface area (Å²) >= 11 is 0. The molecule has 0 saturated carbocycles. The van der Waals surface area contributed by atoms with Gasteiger partial charge in [-0.05, 0) is 68.1 Å². The van der Waals surface area contributed by atoms with Gasteiger partial charge in [0.1, 0.15) is 11.3 Å². The first-order valence-electron chi connectivity index (χ1n) is 10.2. The lowest BCUT2D eigenvalue weighted by Gasteiger charge is -2.23. The van der Waals surface area contributed by atoms with Gasteiger partial charge in [-0.3, -0.25) is 4.79 Å². The standard InChI is InChI=1S/C25H26N2O4/c1-16-6-7-19(14-17(16)2)27(13-5-12-26)24(28)11-10-22-18(3)21-9-8-20(30-4)15-23(21)31-25(22)29/h6-9,14-15H,5,10-11,13H2,1-4H3. The molecule has 0 aliphatic carbocycles. The van der Waals surface area contributed by atoms with E-state index in [9.17, 15) is 9.59 Å². The minimum Gasteiger partial charge on any atom is -0.497 e. The zero-order valence-corrected chi connectivity index (χ0v) is 18.3. The van der Waals surface area contributed by atoms with Crippen LogP contribution in [0.25, 0.3) is 11.0 Å². The smallest absolute Gasteiger partial charge is 0.339 e. The van der Waals surface area contributed by atoms with Gasteiger partial charge in [0.2, 0.25) is 5.91 Å². The van der Waals surface area contributed by atoms with Crippen LogP contribution in [0.1, 0.15) is 35.1 Å². The average Bonchev–Trinajstić information content (AvgIpc) is 2.75. The molecule has 0 spiro atoms. The first-order chi connectivity index (χ1) is 14.8. The maximum atomic E-state index is 13.1. The Bertz CT molecular complexity index is 1220. The summed E-state index contributed by atoms with van der Waals surface area (Å²) in [5.74, 6) is 0.478. The number of ether oxygens (including phenoxy) is 1. The Kier molecular flexibility index (Phi) is 6.76. The van der Waals surface area contributed by atoms with E-state index in [1.54, 1.807) is 18.1 Å². The monoisotopic (exact) mass is 418 g/mol. The normalized spacial score (nSPS) is 10.7. The van der Waals surface area contributed by atoms with Crippen molar-refractivity contribution in [2.45, 2.75) is 40.0 Å². The number of nitriles is 1. The maximum Gasteiger partial charge on any atom is 0.339 e. The van der Waals surface area contributed by atoms with Crippen molar-refractivity contribution >= 4 is 22.6 Å². The highest BCUT2D eigenvalue weighted by atomic mass is 16.5. The Hall–Kier alpha value is -3.59. The van der Waals surface area contributed by atoms with E-state index < -0.39 is 5.63 Å². The van der Waals surface area contributed by atoms with Crippen molar-refractivity contribution in [3.63, 3.8) is 0 Å². The number of aryl methyl sites for hydroxylation is 3. The summed E-state index contributed by atoms with van der Waals surface area (Å²) < 4.78 is 10.7. The van der Waals surface area contributed by atoms with Crippen LogP contribution < -0.4 is 15.3 Å². The predicted molar refractivity (Wildman–Crippen MR) is 121 cm³/mol. The highest BCUT2D eigenvalue weighted by Crippen LogP contribution is 2.25. The van der Waals surface area contributed by atoms with Gasteiger partial charge >= 0.3 is 5.63 Å². The predicted octanol–water partition coefficient (Wildman–Crippen LogP) is 4.61. The Morgan fingerprint density at radius 1 is 1.13 bits per heavy atom. The molecular weight excluding hydrogens is 392 g/mol. The van der Waals surface area contributed by atoms with Crippen LogP contribution in [0.15, 0.2) is 45.6 Å². The molecule has 1 amide bonds. The van der Waals surface area contributed by atoms with Crippen LogP contribution >= 0.6 is 0 Å². The van der Waals surface area contributed by atoms with Gasteiger partial charge in [0, 0.05) is 35.7 Å². The van der Waals surface area contributed by atoms with Crippen molar-refractivity contribution in [1.82, 2.24) is 0 Å². The van der Waals surface area contributed by atoms with Crippen LogP contribution in [0.3, 0.4) is 0 Å². The molecule has 3 aromatic rings. The highest BCUT2D eigenvalue weighted by Gasteiger charge is 2.19. The van der Waals surface area contributed by atoms with E-state index in [4.69, 9.17) is 14.4 Å². The van der Waals surface area contributed by atoms with Crippen LogP contribution in [0.5, 0.6) is 5.75 Å². The van der Waals surface area contributed by atoms with E-state index in [0.717, 1.165) is 27.8 Å². The summed E-state index contributed by atoms with van der Waals surface area (Å²) in [4.78, 5) is 27.3. The van der Waals surface area contributed by atoms with Gasteiger partial charge in [-0.2, -0.15) is 5.26 Å². The third-order valence-corrected chi connectivity index (χ3v) is 5.63. The van der Waals surface area contributed by atoms with Crippen LogP contribution in [0.4, 0.5) is 5.69 Å². The molecule has 160 valence electrons. The molecule has 0 fully saturated rings. The van der Waals surface area contributed by atoms with Crippen molar-refractivity contribution in [2.24, 2.45) is 0 Å². The third kappa shape index (κ3) is 4.77. The third-order valence-electron chi connectivity index (χ3n) is 5.63. The molecule has 0 saturated heterocycles. The number of methoxy groups -OCH3 is 1. The number of anilines is 1.